The van der Waals surface area contributed by atoms with Crippen LogP contribution >= 0.6 is 11.8 Å². The molecule has 1 heterocycles. The number of aromatic nitrogens is 2. The van der Waals surface area contributed by atoms with Gasteiger partial charge in [0, 0.05) is 6.54 Å². The summed E-state index contributed by atoms with van der Waals surface area (Å²) in [6.07, 6.45) is 3.47. The van der Waals surface area contributed by atoms with Gasteiger partial charge in [-0.15, -0.1) is 0 Å². The Morgan fingerprint density at radius 2 is 2.38 bits per heavy atom. The Kier molecular flexibility index (Phi) is 7.87. The van der Waals surface area contributed by atoms with Gasteiger partial charge < -0.3 is 14.4 Å². The van der Waals surface area contributed by atoms with Crippen LogP contribution in [0.4, 0.5) is 0 Å². The van der Waals surface area contributed by atoms with Crippen molar-refractivity contribution in [3.63, 3.8) is 0 Å². The van der Waals surface area contributed by atoms with Gasteiger partial charge in [-0.05, 0) is 13.3 Å². The molecule has 0 unspecified atom stereocenters. The number of rotatable bonds is 9. The number of nitriles is 1. The van der Waals surface area contributed by atoms with Crippen LogP contribution < -0.4 is 0 Å². The number of nitrogens with zero attached hydrogens (tertiary/aromatic N) is 3. The van der Waals surface area contributed by atoms with Crippen molar-refractivity contribution in [2.45, 2.75) is 56.7 Å². The lowest BCUT2D eigenvalue weighted by atomic mass is 10.2. The molecule has 0 spiro atoms. The number of aliphatic hydroxyl groups excluding tert-OH is 1. The van der Waals surface area contributed by atoms with Gasteiger partial charge in [0.05, 0.1) is 37.6 Å². The van der Waals surface area contributed by atoms with Crippen molar-refractivity contribution in [3.05, 3.63) is 11.9 Å². The van der Waals surface area contributed by atoms with E-state index in [4.69, 9.17) is 10.00 Å². The first-order chi connectivity index (χ1) is 10.2. The minimum absolute atomic E-state index is 0.142. The summed E-state index contributed by atoms with van der Waals surface area (Å²) in [6, 6.07) is 2.07. The van der Waals surface area contributed by atoms with Crippen molar-refractivity contribution in [2.75, 3.05) is 6.61 Å². The summed E-state index contributed by atoms with van der Waals surface area (Å²) in [5.41, 5.74) is 0.645. The molecule has 0 saturated heterocycles. The van der Waals surface area contributed by atoms with Gasteiger partial charge >= 0.3 is 5.97 Å². The van der Waals surface area contributed by atoms with Crippen LogP contribution in [0, 0.1) is 11.3 Å². The SMILES string of the molecule is CCC[C@@H](Sc1ncc(CO)n1CCC#N)C(=O)OCC. The molecule has 116 valence electrons. The average Bonchev–Trinajstić information content (AvgIpc) is 2.86. The fraction of sp³-hybridized carbons (Fsp3) is 0.643. The molecular weight excluding hydrogens is 290 g/mol. The van der Waals surface area contributed by atoms with E-state index in [9.17, 15) is 9.90 Å². The lowest BCUT2D eigenvalue weighted by molar-refractivity contribution is -0.142. The maximum absolute atomic E-state index is 12.0. The van der Waals surface area contributed by atoms with Crippen molar-refractivity contribution < 1.29 is 14.6 Å². The third-order valence-corrected chi connectivity index (χ3v) is 4.11. The molecule has 0 fully saturated rings. The van der Waals surface area contributed by atoms with Gasteiger partial charge in [0.1, 0.15) is 5.25 Å². The van der Waals surface area contributed by atoms with Gasteiger partial charge in [0.2, 0.25) is 0 Å². The fourth-order valence-corrected chi connectivity index (χ4v) is 3.08. The van der Waals surface area contributed by atoms with Crippen LogP contribution in [0.3, 0.4) is 0 Å². The molecule has 1 atom stereocenters. The maximum Gasteiger partial charge on any atom is 0.319 e. The van der Waals surface area contributed by atoms with E-state index in [1.165, 1.54) is 11.8 Å². The zero-order chi connectivity index (χ0) is 15.7. The normalized spacial score (nSPS) is 11.9. The number of hydrogen-bond donors (Lipinski definition) is 1. The smallest absolute Gasteiger partial charge is 0.319 e. The second-order valence-electron chi connectivity index (χ2n) is 4.40. The third kappa shape index (κ3) is 5.06. The molecule has 1 aromatic heterocycles. The summed E-state index contributed by atoms with van der Waals surface area (Å²) < 4.78 is 6.87. The van der Waals surface area contributed by atoms with Gasteiger partial charge in [-0.1, -0.05) is 25.1 Å². The number of aliphatic hydroxyl groups is 1. The van der Waals surface area contributed by atoms with E-state index >= 15 is 0 Å². The predicted molar refractivity (Wildman–Crippen MR) is 79.6 cm³/mol. The van der Waals surface area contributed by atoms with E-state index < -0.39 is 0 Å². The molecule has 21 heavy (non-hydrogen) atoms. The molecule has 0 amide bonds. The lowest BCUT2D eigenvalue weighted by Crippen LogP contribution is -2.21. The zero-order valence-corrected chi connectivity index (χ0v) is 13.2. The van der Waals surface area contributed by atoms with E-state index in [0.717, 1.165) is 6.42 Å². The Hall–Kier alpha value is -1.52. The number of thioether (sulfide) groups is 1. The fourth-order valence-electron chi connectivity index (χ4n) is 1.86. The highest BCUT2D eigenvalue weighted by Crippen LogP contribution is 2.27. The van der Waals surface area contributed by atoms with Gasteiger partial charge in [-0.2, -0.15) is 5.26 Å². The molecule has 0 aromatic carbocycles. The molecule has 1 N–H and O–H groups in total. The zero-order valence-electron chi connectivity index (χ0n) is 12.4. The molecule has 0 saturated carbocycles. The first-order valence-corrected chi connectivity index (χ1v) is 7.91. The molecule has 6 nitrogen and oxygen atoms in total. The molecule has 0 bridgehead atoms. The molecule has 1 rings (SSSR count). The summed E-state index contributed by atoms with van der Waals surface area (Å²) in [6.45, 7) is 4.45. The van der Waals surface area contributed by atoms with Crippen molar-refractivity contribution in [2.24, 2.45) is 0 Å². The Labute approximate surface area is 129 Å². The van der Waals surface area contributed by atoms with Crippen LogP contribution in [-0.2, 0) is 22.7 Å². The van der Waals surface area contributed by atoms with E-state index in [0.29, 0.717) is 36.8 Å². The molecule has 0 radical (unpaired) electrons. The molecule has 1 aromatic rings. The van der Waals surface area contributed by atoms with Crippen LogP contribution in [0.25, 0.3) is 0 Å². The number of esters is 1. The molecule has 0 aliphatic heterocycles. The van der Waals surface area contributed by atoms with Gasteiger partial charge in [-0.3, -0.25) is 4.79 Å². The Bertz CT molecular complexity index is 496. The number of ether oxygens (including phenoxy) is 1. The van der Waals surface area contributed by atoms with Crippen LogP contribution in [0.1, 0.15) is 38.8 Å². The van der Waals surface area contributed by atoms with E-state index in [-0.39, 0.29) is 17.8 Å². The Balaban J connectivity index is 2.89. The van der Waals surface area contributed by atoms with Gasteiger partial charge in [0.15, 0.2) is 5.16 Å². The van der Waals surface area contributed by atoms with Crippen molar-refractivity contribution >= 4 is 17.7 Å². The van der Waals surface area contributed by atoms with E-state index in [1.54, 1.807) is 17.7 Å². The third-order valence-electron chi connectivity index (χ3n) is 2.86. The van der Waals surface area contributed by atoms with Crippen LogP contribution in [-0.4, -0.2) is 32.5 Å². The summed E-state index contributed by atoms with van der Waals surface area (Å²) in [5, 5.41) is 18.4. The van der Waals surface area contributed by atoms with Crippen molar-refractivity contribution in [3.8, 4) is 6.07 Å². The number of imidazole rings is 1. The maximum atomic E-state index is 12.0. The summed E-state index contributed by atoms with van der Waals surface area (Å²) >= 11 is 1.33. The number of carbonyl (C=O) groups is 1. The minimum Gasteiger partial charge on any atom is -0.465 e. The van der Waals surface area contributed by atoms with Crippen LogP contribution in [0.5, 0.6) is 0 Å². The molecular formula is C14H21N3O3S. The van der Waals surface area contributed by atoms with Crippen molar-refractivity contribution in [1.29, 1.82) is 5.26 Å². The Morgan fingerprint density at radius 3 is 2.95 bits per heavy atom. The molecule has 0 aliphatic carbocycles. The standard InChI is InChI=1S/C14H21N3O3S/c1-3-6-12(13(19)20-4-2)21-14-16-9-11(10-18)17(14)8-5-7-15/h9,12,18H,3-6,8,10H2,1-2H3/t12-/m1/s1. The highest BCUT2D eigenvalue weighted by molar-refractivity contribution is 8.00. The highest BCUT2D eigenvalue weighted by atomic mass is 32.2. The van der Waals surface area contributed by atoms with Gasteiger partial charge in [-0.25, -0.2) is 4.98 Å². The second-order valence-corrected chi connectivity index (χ2v) is 5.57. The van der Waals surface area contributed by atoms with E-state index in [2.05, 4.69) is 11.1 Å². The second kappa shape index (κ2) is 9.42. The largest absolute Gasteiger partial charge is 0.465 e. The van der Waals surface area contributed by atoms with Crippen LogP contribution in [0.2, 0.25) is 0 Å². The lowest BCUT2D eigenvalue weighted by Gasteiger charge is -2.15. The monoisotopic (exact) mass is 311 g/mol. The first kappa shape index (κ1) is 17.5. The van der Waals surface area contributed by atoms with Gasteiger partial charge in [0.25, 0.3) is 0 Å². The predicted octanol–water partition coefficient (Wildman–Crippen LogP) is 2.11. The topological polar surface area (TPSA) is 88.1 Å². The average molecular weight is 311 g/mol. The first-order valence-electron chi connectivity index (χ1n) is 7.03. The quantitative estimate of drug-likeness (QED) is 0.555. The molecule has 0 aliphatic rings. The van der Waals surface area contributed by atoms with E-state index in [1.807, 2.05) is 6.92 Å². The highest BCUT2D eigenvalue weighted by Gasteiger charge is 2.23. The number of carbonyl (C=O) groups excluding carboxylic acids is 1. The summed E-state index contributed by atoms with van der Waals surface area (Å²) in [7, 11) is 0. The number of hydrogen-bond acceptors (Lipinski definition) is 6. The van der Waals surface area contributed by atoms with Crippen molar-refractivity contribution in [1.82, 2.24) is 9.55 Å². The Morgan fingerprint density at radius 1 is 1.62 bits per heavy atom. The minimum atomic E-state index is -0.315. The van der Waals surface area contributed by atoms with Crippen LogP contribution in [0.15, 0.2) is 11.4 Å². The summed E-state index contributed by atoms with van der Waals surface area (Å²) in [5.74, 6) is -0.246. The molecule has 7 heteroatoms. The summed E-state index contributed by atoms with van der Waals surface area (Å²) in [4.78, 5) is 16.2.